The van der Waals surface area contributed by atoms with Crippen LogP contribution in [0.15, 0.2) is 42.7 Å². The number of nitrogens with zero attached hydrogens (tertiary/aromatic N) is 2. The van der Waals surface area contributed by atoms with E-state index < -0.39 is 5.54 Å². The van der Waals surface area contributed by atoms with Crippen molar-refractivity contribution in [2.24, 2.45) is 0 Å². The van der Waals surface area contributed by atoms with Gasteiger partial charge in [0, 0.05) is 11.2 Å². The number of rotatable bonds is 2. The molecule has 4 rings (SSSR count). The summed E-state index contributed by atoms with van der Waals surface area (Å²) < 4.78 is 0. The molecule has 0 unspecified atom stereocenters. The Balaban J connectivity index is 1.58. The zero-order valence-electron chi connectivity index (χ0n) is 15.6. The van der Waals surface area contributed by atoms with Crippen molar-refractivity contribution in [2.75, 3.05) is 4.90 Å². The van der Waals surface area contributed by atoms with Gasteiger partial charge in [-0.2, -0.15) is 0 Å². The van der Waals surface area contributed by atoms with Crippen LogP contribution in [0.5, 0.6) is 0 Å². The first kappa shape index (κ1) is 18.0. The van der Waals surface area contributed by atoms with Gasteiger partial charge in [-0.3, -0.25) is 9.78 Å². The highest BCUT2D eigenvalue weighted by Crippen LogP contribution is 2.49. The molecule has 2 aromatic rings. The third kappa shape index (κ3) is 2.90. The van der Waals surface area contributed by atoms with Crippen LogP contribution >= 0.6 is 11.6 Å². The third-order valence-electron chi connectivity index (χ3n) is 5.54. The molecule has 1 saturated carbocycles. The van der Waals surface area contributed by atoms with Crippen molar-refractivity contribution in [3.8, 4) is 0 Å². The number of halogens is 1. The van der Waals surface area contributed by atoms with Gasteiger partial charge in [0.2, 0.25) is 0 Å². The minimum absolute atomic E-state index is 0.119. The van der Waals surface area contributed by atoms with Crippen LogP contribution in [0, 0.1) is 0 Å². The van der Waals surface area contributed by atoms with Crippen LogP contribution in [-0.4, -0.2) is 22.5 Å². The molecule has 5 nitrogen and oxygen atoms in total. The van der Waals surface area contributed by atoms with E-state index in [9.17, 15) is 9.59 Å². The van der Waals surface area contributed by atoms with E-state index in [-0.39, 0.29) is 23.3 Å². The fourth-order valence-electron chi connectivity index (χ4n) is 3.90. The van der Waals surface area contributed by atoms with Gasteiger partial charge in [-0.1, -0.05) is 50.6 Å². The lowest BCUT2D eigenvalue weighted by molar-refractivity contribution is -0.125. The van der Waals surface area contributed by atoms with Gasteiger partial charge in [0.1, 0.15) is 5.54 Å². The summed E-state index contributed by atoms with van der Waals surface area (Å²) in [6.45, 7) is 6.21. The predicted molar refractivity (Wildman–Crippen MR) is 105 cm³/mol. The average Bonchev–Trinajstić information content (AvgIpc) is 2.84. The lowest BCUT2D eigenvalue weighted by Gasteiger charge is -2.43. The second-order valence-electron chi connectivity index (χ2n) is 8.46. The molecule has 6 heteroatoms. The minimum Gasteiger partial charge on any atom is -0.323 e. The molecule has 27 heavy (non-hydrogen) atoms. The summed E-state index contributed by atoms with van der Waals surface area (Å²) in [4.78, 5) is 31.2. The maximum atomic E-state index is 13.1. The lowest BCUT2D eigenvalue weighted by Crippen LogP contribution is -2.56. The van der Waals surface area contributed by atoms with Crippen LogP contribution in [0.2, 0.25) is 5.02 Å². The number of anilines is 1. The number of hydrogen-bond acceptors (Lipinski definition) is 3. The van der Waals surface area contributed by atoms with Gasteiger partial charge >= 0.3 is 6.03 Å². The van der Waals surface area contributed by atoms with Crippen molar-refractivity contribution in [1.29, 1.82) is 0 Å². The minimum atomic E-state index is -0.835. The van der Waals surface area contributed by atoms with Gasteiger partial charge in [0.05, 0.1) is 11.9 Å². The van der Waals surface area contributed by atoms with Crippen LogP contribution in [0.3, 0.4) is 0 Å². The summed E-state index contributed by atoms with van der Waals surface area (Å²) in [6.07, 6.45) is 4.46. The topological polar surface area (TPSA) is 62.3 Å². The molecule has 1 spiro atoms. The van der Waals surface area contributed by atoms with E-state index in [4.69, 9.17) is 11.6 Å². The van der Waals surface area contributed by atoms with Crippen molar-refractivity contribution in [1.82, 2.24) is 10.3 Å². The summed E-state index contributed by atoms with van der Waals surface area (Å²) >= 11 is 6.29. The molecule has 1 aliphatic carbocycles. The Morgan fingerprint density at radius 2 is 1.89 bits per heavy atom. The third-order valence-corrected chi connectivity index (χ3v) is 5.89. The highest BCUT2D eigenvalue weighted by atomic mass is 35.5. The number of imide groups is 1. The fraction of sp³-hybridized carbons (Fsp3) is 0.381. The van der Waals surface area contributed by atoms with Crippen molar-refractivity contribution >= 4 is 29.2 Å². The number of pyridine rings is 1. The zero-order valence-corrected chi connectivity index (χ0v) is 16.4. The molecule has 1 saturated heterocycles. The Morgan fingerprint density at radius 3 is 2.56 bits per heavy atom. The summed E-state index contributed by atoms with van der Waals surface area (Å²) in [5, 5.41) is 3.61. The maximum Gasteiger partial charge on any atom is 0.329 e. The highest BCUT2D eigenvalue weighted by Gasteiger charge is 2.59. The molecule has 1 N–H and O–H groups in total. The molecule has 1 aromatic heterocycles. The number of hydrogen-bond donors (Lipinski definition) is 1. The number of carbonyl (C=O) groups is 2. The first-order valence-corrected chi connectivity index (χ1v) is 9.46. The van der Waals surface area contributed by atoms with Crippen molar-refractivity contribution in [2.45, 2.75) is 50.5 Å². The first-order valence-electron chi connectivity index (χ1n) is 9.08. The van der Waals surface area contributed by atoms with Crippen molar-refractivity contribution in [3.05, 3.63) is 58.9 Å². The Labute approximate surface area is 163 Å². The van der Waals surface area contributed by atoms with Gasteiger partial charge in [0.15, 0.2) is 0 Å². The second kappa shape index (κ2) is 6.06. The maximum absolute atomic E-state index is 13.1. The largest absolute Gasteiger partial charge is 0.329 e. The Kier molecular flexibility index (Phi) is 4.04. The fourth-order valence-corrected chi connectivity index (χ4v) is 4.19. The van der Waals surface area contributed by atoms with Gasteiger partial charge in [0.25, 0.3) is 5.91 Å². The number of amides is 3. The van der Waals surface area contributed by atoms with E-state index in [2.05, 4.69) is 31.1 Å². The number of aromatic nitrogens is 1. The van der Waals surface area contributed by atoms with E-state index in [1.807, 2.05) is 30.3 Å². The lowest BCUT2D eigenvalue weighted by atomic mass is 9.65. The van der Waals surface area contributed by atoms with Crippen LogP contribution in [-0.2, 0) is 10.2 Å². The molecule has 2 heterocycles. The molecule has 0 atom stereocenters. The molecular formula is C21H22ClN3O2. The van der Waals surface area contributed by atoms with Crippen molar-refractivity contribution in [3.63, 3.8) is 0 Å². The van der Waals surface area contributed by atoms with Gasteiger partial charge < -0.3 is 5.32 Å². The summed E-state index contributed by atoms with van der Waals surface area (Å²) in [5.41, 5.74) is 1.57. The molecule has 0 radical (unpaired) electrons. The molecular weight excluding hydrogens is 362 g/mol. The van der Waals surface area contributed by atoms with E-state index >= 15 is 0 Å². The number of carbonyl (C=O) groups excluding carboxylic acids is 2. The number of benzene rings is 1. The first-order chi connectivity index (χ1) is 12.7. The standard InChI is InChI=1S/C21H22ClN3O2/c1-20(2,3)14-8-15(12-23-11-14)25-18(26)21(24-19(25)27)9-13(10-21)16-6-4-5-7-17(16)22/h4-8,11-13H,9-10H2,1-3H3,(H,24,27). The number of urea groups is 1. The Bertz CT molecular complexity index is 929. The predicted octanol–water partition coefficient (Wildman–Crippen LogP) is 4.41. The molecule has 2 aliphatic rings. The molecule has 1 aliphatic heterocycles. The summed E-state index contributed by atoms with van der Waals surface area (Å²) in [6, 6.07) is 9.15. The normalized spacial score (nSPS) is 24.9. The second-order valence-corrected chi connectivity index (χ2v) is 8.87. The van der Waals surface area contributed by atoms with Gasteiger partial charge in [-0.15, -0.1) is 0 Å². The van der Waals surface area contributed by atoms with E-state index in [0.717, 1.165) is 11.1 Å². The summed E-state index contributed by atoms with van der Waals surface area (Å²) in [7, 11) is 0. The van der Waals surface area contributed by atoms with E-state index in [1.54, 1.807) is 12.4 Å². The van der Waals surface area contributed by atoms with Crippen LogP contribution in [0.4, 0.5) is 10.5 Å². The monoisotopic (exact) mass is 383 g/mol. The van der Waals surface area contributed by atoms with Crippen LogP contribution in [0.1, 0.15) is 50.7 Å². The van der Waals surface area contributed by atoms with E-state index in [1.165, 1.54) is 4.90 Å². The van der Waals surface area contributed by atoms with Gasteiger partial charge in [-0.25, -0.2) is 9.69 Å². The quantitative estimate of drug-likeness (QED) is 0.781. The van der Waals surface area contributed by atoms with Crippen molar-refractivity contribution < 1.29 is 9.59 Å². The Hall–Kier alpha value is -2.40. The average molecular weight is 384 g/mol. The number of nitrogens with one attached hydrogen (secondary N) is 1. The van der Waals surface area contributed by atoms with E-state index in [0.29, 0.717) is 23.6 Å². The Morgan fingerprint density at radius 1 is 1.19 bits per heavy atom. The van der Waals surface area contributed by atoms with Gasteiger partial charge in [-0.05, 0) is 47.4 Å². The molecule has 1 aromatic carbocycles. The zero-order chi connectivity index (χ0) is 19.4. The molecule has 0 bridgehead atoms. The SMILES string of the molecule is CC(C)(C)c1cncc(N2C(=O)NC3(CC(c4ccccc4Cl)C3)C2=O)c1. The van der Waals surface area contributed by atoms with Crippen LogP contribution in [0.25, 0.3) is 0 Å². The van der Waals surface area contributed by atoms with Crippen LogP contribution < -0.4 is 10.2 Å². The smallest absolute Gasteiger partial charge is 0.323 e. The molecule has 140 valence electrons. The molecule has 3 amide bonds. The highest BCUT2D eigenvalue weighted by molar-refractivity contribution is 6.31. The summed E-state index contributed by atoms with van der Waals surface area (Å²) in [5.74, 6) is -0.0365. The molecule has 2 fully saturated rings.